The van der Waals surface area contributed by atoms with Gasteiger partial charge in [0.05, 0.1) is 11.1 Å². The molecular weight excluding hydrogens is 503 g/mol. The van der Waals surface area contributed by atoms with E-state index in [1.807, 2.05) is 54.1 Å². The molecule has 0 aliphatic carbocycles. The standard InChI is InChI=1S/C32H35FN6O/c1-5-32(3,4)39-30(35-36-37-39)29(27-20-25-13-9-10-22(2)28(25)34-31(27)40)38(19-18-23-11-7-6-8-12-23)21-24-14-16-26(33)17-15-24/h6-17,20,29H,5,18-19,21H2,1-4H3,(H,34,40)/t29-/m0/s1. The van der Waals surface area contributed by atoms with Crippen LogP contribution in [0.3, 0.4) is 0 Å². The van der Waals surface area contributed by atoms with Crippen LogP contribution in [0.2, 0.25) is 0 Å². The minimum Gasteiger partial charge on any atom is -0.321 e. The number of nitrogens with one attached hydrogen (secondary N) is 1. The summed E-state index contributed by atoms with van der Waals surface area (Å²) in [7, 11) is 0. The van der Waals surface area contributed by atoms with Crippen LogP contribution in [-0.2, 0) is 18.5 Å². The lowest BCUT2D eigenvalue weighted by Gasteiger charge is -2.33. The third-order valence-corrected chi connectivity index (χ3v) is 7.78. The normalized spacial score (nSPS) is 12.8. The molecule has 2 aromatic heterocycles. The number of aryl methyl sites for hydroxylation is 1. The first-order chi connectivity index (χ1) is 19.3. The quantitative estimate of drug-likeness (QED) is 0.238. The minimum absolute atomic E-state index is 0.181. The molecule has 0 fully saturated rings. The van der Waals surface area contributed by atoms with Gasteiger partial charge in [0, 0.05) is 18.7 Å². The molecule has 0 saturated carbocycles. The zero-order valence-electron chi connectivity index (χ0n) is 23.4. The Bertz CT molecular complexity index is 1640. The van der Waals surface area contributed by atoms with E-state index in [4.69, 9.17) is 0 Å². The molecular formula is C32H35FN6O. The number of hydrogen-bond donors (Lipinski definition) is 1. The van der Waals surface area contributed by atoms with Crippen molar-refractivity contribution in [1.29, 1.82) is 0 Å². The predicted molar refractivity (Wildman–Crippen MR) is 156 cm³/mol. The van der Waals surface area contributed by atoms with Crippen LogP contribution in [0.4, 0.5) is 4.39 Å². The van der Waals surface area contributed by atoms with E-state index in [9.17, 15) is 9.18 Å². The molecule has 0 bridgehead atoms. The number of aromatic amines is 1. The summed E-state index contributed by atoms with van der Waals surface area (Å²) in [6.07, 6.45) is 1.55. The molecule has 0 spiro atoms. The van der Waals surface area contributed by atoms with Gasteiger partial charge in [0.15, 0.2) is 5.82 Å². The monoisotopic (exact) mass is 538 g/mol. The number of H-pyrrole nitrogens is 1. The Kier molecular flexibility index (Phi) is 7.89. The fraction of sp³-hybridized carbons (Fsp3) is 0.312. The summed E-state index contributed by atoms with van der Waals surface area (Å²) >= 11 is 0. The third-order valence-electron chi connectivity index (χ3n) is 7.78. The maximum atomic E-state index is 13.8. The van der Waals surface area contributed by atoms with Gasteiger partial charge in [-0.25, -0.2) is 9.07 Å². The lowest BCUT2D eigenvalue weighted by Crippen LogP contribution is -2.39. The molecule has 5 aromatic rings. The summed E-state index contributed by atoms with van der Waals surface area (Å²) in [5.74, 6) is 0.311. The summed E-state index contributed by atoms with van der Waals surface area (Å²) in [5.41, 5.74) is 3.94. The molecule has 0 unspecified atom stereocenters. The van der Waals surface area contributed by atoms with Gasteiger partial charge in [0.2, 0.25) is 0 Å². The Hall–Kier alpha value is -4.17. The Labute approximate surface area is 233 Å². The van der Waals surface area contributed by atoms with Crippen molar-refractivity contribution >= 4 is 10.9 Å². The number of nitrogens with zero attached hydrogens (tertiary/aromatic N) is 5. The van der Waals surface area contributed by atoms with E-state index in [1.54, 1.807) is 12.1 Å². The van der Waals surface area contributed by atoms with Crippen molar-refractivity contribution in [3.63, 3.8) is 0 Å². The molecule has 8 heteroatoms. The highest BCUT2D eigenvalue weighted by molar-refractivity contribution is 5.82. The lowest BCUT2D eigenvalue weighted by molar-refractivity contribution is 0.190. The number of hydrogen-bond acceptors (Lipinski definition) is 5. The van der Waals surface area contributed by atoms with Crippen molar-refractivity contribution in [3.8, 4) is 0 Å². The number of tetrazole rings is 1. The number of benzene rings is 3. The highest BCUT2D eigenvalue weighted by Gasteiger charge is 2.34. The fourth-order valence-electron chi connectivity index (χ4n) is 5.09. The smallest absolute Gasteiger partial charge is 0.253 e. The molecule has 1 N–H and O–H groups in total. The second-order valence-corrected chi connectivity index (χ2v) is 10.9. The fourth-order valence-corrected chi connectivity index (χ4v) is 5.09. The van der Waals surface area contributed by atoms with Crippen molar-refractivity contribution in [1.82, 2.24) is 30.1 Å². The molecule has 206 valence electrons. The van der Waals surface area contributed by atoms with Gasteiger partial charge in [-0.1, -0.05) is 67.6 Å². The van der Waals surface area contributed by atoms with E-state index in [2.05, 4.69) is 58.3 Å². The molecule has 0 amide bonds. The Balaban J connectivity index is 1.69. The van der Waals surface area contributed by atoms with Crippen molar-refractivity contribution in [2.75, 3.05) is 6.54 Å². The molecule has 7 nitrogen and oxygen atoms in total. The van der Waals surface area contributed by atoms with Crippen LogP contribution in [0.25, 0.3) is 10.9 Å². The van der Waals surface area contributed by atoms with Gasteiger partial charge in [-0.05, 0) is 84.3 Å². The second-order valence-electron chi connectivity index (χ2n) is 10.9. The number of halogens is 1. The maximum Gasteiger partial charge on any atom is 0.253 e. The Morgan fingerprint density at radius 2 is 1.75 bits per heavy atom. The predicted octanol–water partition coefficient (Wildman–Crippen LogP) is 5.94. The third kappa shape index (κ3) is 5.72. The summed E-state index contributed by atoms with van der Waals surface area (Å²) in [6.45, 7) is 9.36. The van der Waals surface area contributed by atoms with E-state index in [0.29, 0.717) is 24.5 Å². The molecule has 5 rings (SSSR count). The zero-order valence-corrected chi connectivity index (χ0v) is 23.4. The van der Waals surface area contributed by atoms with Gasteiger partial charge >= 0.3 is 0 Å². The van der Waals surface area contributed by atoms with Gasteiger partial charge in [-0.3, -0.25) is 9.69 Å². The summed E-state index contributed by atoms with van der Waals surface area (Å²) in [4.78, 5) is 19.2. The number of pyridine rings is 1. The Morgan fingerprint density at radius 3 is 2.48 bits per heavy atom. The molecule has 2 heterocycles. The van der Waals surface area contributed by atoms with Gasteiger partial charge in [0.1, 0.15) is 11.9 Å². The van der Waals surface area contributed by atoms with Crippen LogP contribution in [0.1, 0.15) is 61.3 Å². The maximum absolute atomic E-state index is 13.8. The summed E-state index contributed by atoms with van der Waals surface area (Å²) < 4.78 is 15.7. The van der Waals surface area contributed by atoms with Crippen molar-refractivity contribution in [3.05, 3.63) is 123 Å². The number of fused-ring (bicyclic) bond motifs is 1. The average molecular weight is 539 g/mol. The first-order valence-corrected chi connectivity index (χ1v) is 13.7. The molecule has 0 aliphatic heterocycles. The molecule has 0 radical (unpaired) electrons. The minimum atomic E-state index is -0.553. The van der Waals surface area contributed by atoms with Crippen LogP contribution in [0.5, 0.6) is 0 Å². The first-order valence-electron chi connectivity index (χ1n) is 13.7. The van der Waals surface area contributed by atoms with E-state index < -0.39 is 6.04 Å². The number of rotatable bonds is 10. The van der Waals surface area contributed by atoms with Crippen LogP contribution in [0, 0.1) is 12.7 Å². The van der Waals surface area contributed by atoms with Crippen molar-refractivity contribution in [2.45, 2.75) is 58.7 Å². The molecule has 40 heavy (non-hydrogen) atoms. The second kappa shape index (κ2) is 11.5. The van der Waals surface area contributed by atoms with E-state index in [-0.39, 0.29) is 16.9 Å². The van der Waals surface area contributed by atoms with Crippen LogP contribution in [-0.4, -0.2) is 36.6 Å². The SMILES string of the molecule is CCC(C)(C)n1nnnc1[C@H](c1cc2cccc(C)c2[nH]c1=O)N(CCc1ccccc1)Cc1ccc(F)cc1. The topological polar surface area (TPSA) is 79.7 Å². The lowest BCUT2D eigenvalue weighted by atomic mass is 9.98. The summed E-state index contributed by atoms with van der Waals surface area (Å²) in [6, 6.07) is 24.1. The molecule has 3 aromatic carbocycles. The van der Waals surface area contributed by atoms with E-state index in [0.717, 1.165) is 34.9 Å². The molecule has 0 saturated heterocycles. The van der Waals surface area contributed by atoms with Crippen LogP contribution in [0.15, 0.2) is 83.7 Å². The summed E-state index contributed by atoms with van der Waals surface area (Å²) in [5, 5.41) is 13.9. The Morgan fingerprint density at radius 1 is 1.00 bits per heavy atom. The highest BCUT2D eigenvalue weighted by Crippen LogP contribution is 2.32. The zero-order chi connectivity index (χ0) is 28.3. The van der Waals surface area contributed by atoms with Crippen molar-refractivity contribution in [2.24, 2.45) is 0 Å². The van der Waals surface area contributed by atoms with Crippen LogP contribution < -0.4 is 5.56 Å². The molecule has 1 atom stereocenters. The highest BCUT2D eigenvalue weighted by atomic mass is 19.1. The number of aromatic nitrogens is 5. The largest absolute Gasteiger partial charge is 0.321 e. The van der Waals surface area contributed by atoms with E-state index in [1.165, 1.54) is 17.7 Å². The van der Waals surface area contributed by atoms with Crippen molar-refractivity contribution < 1.29 is 4.39 Å². The first kappa shape index (κ1) is 27.4. The van der Waals surface area contributed by atoms with Gasteiger partial charge in [-0.15, -0.1) is 5.10 Å². The molecule has 0 aliphatic rings. The number of para-hydroxylation sites is 1. The van der Waals surface area contributed by atoms with Gasteiger partial charge in [0.25, 0.3) is 5.56 Å². The van der Waals surface area contributed by atoms with Gasteiger partial charge < -0.3 is 4.98 Å². The van der Waals surface area contributed by atoms with Gasteiger partial charge in [-0.2, -0.15) is 0 Å². The van der Waals surface area contributed by atoms with E-state index >= 15 is 0 Å². The van der Waals surface area contributed by atoms with Crippen LogP contribution >= 0.6 is 0 Å². The average Bonchev–Trinajstić information content (AvgIpc) is 3.45.